The highest BCUT2D eigenvalue weighted by Gasteiger charge is 2.16. The Balaban J connectivity index is 1.43. The maximum atomic E-state index is 5.81. The number of morpholine rings is 2. The fourth-order valence-corrected chi connectivity index (χ4v) is 4.01. The Bertz CT molecular complexity index is 1030. The summed E-state index contributed by atoms with van der Waals surface area (Å²) in [5, 5.41) is 6.81. The fourth-order valence-electron chi connectivity index (χ4n) is 4.01. The van der Waals surface area contributed by atoms with Gasteiger partial charge in [-0.1, -0.05) is 12.1 Å². The largest absolute Gasteiger partial charge is 0.378 e. The molecular formula is C23H28N6O2. The first-order valence-electron chi connectivity index (χ1n) is 10.9. The smallest absolute Gasteiger partial charge is 0.154 e. The van der Waals surface area contributed by atoms with Crippen LogP contribution in [-0.4, -0.2) is 73.6 Å². The molecule has 0 saturated carbocycles. The Kier molecular flexibility index (Phi) is 5.93. The van der Waals surface area contributed by atoms with E-state index in [-0.39, 0.29) is 6.10 Å². The van der Waals surface area contributed by atoms with E-state index < -0.39 is 0 Å². The molecular weight excluding hydrogens is 392 g/mol. The minimum absolute atomic E-state index is 0.112. The second-order valence-electron chi connectivity index (χ2n) is 7.96. The Morgan fingerprint density at radius 1 is 1.13 bits per heavy atom. The van der Waals surface area contributed by atoms with E-state index in [2.05, 4.69) is 44.8 Å². The van der Waals surface area contributed by atoms with Gasteiger partial charge in [0.15, 0.2) is 5.82 Å². The number of aromatic nitrogens is 3. The van der Waals surface area contributed by atoms with Gasteiger partial charge in [-0.15, -0.1) is 0 Å². The number of rotatable bonds is 5. The summed E-state index contributed by atoms with van der Waals surface area (Å²) in [6.45, 7) is 8.50. The average Bonchev–Trinajstić information content (AvgIpc) is 2.83. The van der Waals surface area contributed by atoms with Crippen molar-refractivity contribution < 1.29 is 9.47 Å². The first-order valence-corrected chi connectivity index (χ1v) is 10.9. The summed E-state index contributed by atoms with van der Waals surface area (Å²) in [4.78, 5) is 16.5. The van der Waals surface area contributed by atoms with Gasteiger partial charge in [0.2, 0.25) is 0 Å². The molecule has 31 heavy (non-hydrogen) atoms. The van der Waals surface area contributed by atoms with Gasteiger partial charge in [-0.2, -0.15) is 0 Å². The predicted molar refractivity (Wildman–Crippen MR) is 122 cm³/mol. The number of hydrogen-bond acceptors (Lipinski definition) is 8. The molecule has 2 aliphatic rings. The van der Waals surface area contributed by atoms with E-state index in [1.54, 1.807) is 6.20 Å². The van der Waals surface area contributed by atoms with Gasteiger partial charge in [-0.3, -0.25) is 0 Å². The molecule has 3 aromatic rings. The molecule has 5 rings (SSSR count). The van der Waals surface area contributed by atoms with Crippen LogP contribution in [0.3, 0.4) is 0 Å². The van der Waals surface area contributed by atoms with Crippen molar-refractivity contribution in [3.05, 3.63) is 42.2 Å². The van der Waals surface area contributed by atoms with Crippen LogP contribution in [0.4, 0.5) is 11.5 Å². The number of nitrogens with one attached hydrogen (secondary N) is 2. The van der Waals surface area contributed by atoms with E-state index in [1.807, 2.05) is 13.0 Å². The number of benzene rings is 1. The van der Waals surface area contributed by atoms with Gasteiger partial charge in [0, 0.05) is 50.2 Å². The minimum Gasteiger partial charge on any atom is -0.378 e. The second kappa shape index (κ2) is 9.13. The lowest BCUT2D eigenvalue weighted by molar-refractivity contribution is 0.0372. The van der Waals surface area contributed by atoms with Crippen LogP contribution in [0.25, 0.3) is 22.3 Å². The Hall–Kier alpha value is -2.81. The quantitative estimate of drug-likeness (QED) is 0.650. The molecule has 2 aliphatic heterocycles. The van der Waals surface area contributed by atoms with E-state index in [0.29, 0.717) is 6.54 Å². The molecule has 1 atom stereocenters. The SMILES string of the molecule is Cc1cnc2c(NC[C@@H]3CNCCO3)nc(-c3ccc(N4CCOCC4)cc3)cc2n1. The number of hydrogen-bond donors (Lipinski definition) is 2. The lowest BCUT2D eigenvalue weighted by atomic mass is 10.1. The summed E-state index contributed by atoms with van der Waals surface area (Å²) in [5.41, 5.74) is 5.66. The van der Waals surface area contributed by atoms with E-state index in [4.69, 9.17) is 19.4 Å². The maximum absolute atomic E-state index is 5.81. The summed E-state index contributed by atoms with van der Waals surface area (Å²) in [7, 11) is 0. The predicted octanol–water partition coefficient (Wildman–Crippen LogP) is 2.24. The van der Waals surface area contributed by atoms with Crippen LogP contribution in [0.2, 0.25) is 0 Å². The van der Waals surface area contributed by atoms with Crippen molar-refractivity contribution in [2.45, 2.75) is 13.0 Å². The highest BCUT2D eigenvalue weighted by Crippen LogP contribution is 2.28. The Morgan fingerprint density at radius 2 is 1.97 bits per heavy atom. The van der Waals surface area contributed by atoms with Crippen LogP contribution in [0, 0.1) is 6.92 Å². The van der Waals surface area contributed by atoms with Crippen molar-refractivity contribution in [3.8, 4) is 11.3 Å². The second-order valence-corrected chi connectivity index (χ2v) is 7.96. The Labute approximate surface area is 182 Å². The zero-order valence-corrected chi connectivity index (χ0v) is 17.8. The fraction of sp³-hybridized carbons (Fsp3) is 0.435. The zero-order chi connectivity index (χ0) is 21.0. The molecule has 0 bridgehead atoms. The third kappa shape index (κ3) is 4.61. The van der Waals surface area contributed by atoms with Crippen molar-refractivity contribution in [1.82, 2.24) is 20.3 Å². The summed E-state index contributed by atoms with van der Waals surface area (Å²) in [6.07, 6.45) is 1.89. The van der Waals surface area contributed by atoms with Gasteiger partial charge in [-0.25, -0.2) is 15.0 Å². The molecule has 4 heterocycles. The molecule has 8 heteroatoms. The number of fused-ring (bicyclic) bond motifs is 1. The topological polar surface area (TPSA) is 84.4 Å². The molecule has 0 unspecified atom stereocenters. The first kappa shape index (κ1) is 20.1. The van der Waals surface area contributed by atoms with Crippen molar-refractivity contribution in [2.75, 3.05) is 62.8 Å². The van der Waals surface area contributed by atoms with Gasteiger partial charge in [0.05, 0.1) is 42.8 Å². The normalized spacial score (nSPS) is 19.5. The molecule has 1 aromatic carbocycles. The molecule has 0 amide bonds. The van der Waals surface area contributed by atoms with Gasteiger partial charge < -0.3 is 25.0 Å². The zero-order valence-electron chi connectivity index (χ0n) is 17.8. The van der Waals surface area contributed by atoms with E-state index in [0.717, 1.165) is 79.8 Å². The molecule has 2 fully saturated rings. The molecule has 2 saturated heterocycles. The number of pyridine rings is 1. The highest BCUT2D eigenvalue weighted by atomic mass is 16.5. The van der Waals surface area contributed by atoms with Crippen molar-refractivity contribution in [1.29, 1.82) is 0 Å². The van der Waals surface area contributed by atoms with Gasteiger partial charge in [-0.05, 0) is 25.1 Å². The number of anilines is 2. The van der Waals surface area contributed by atoms with Crippen LogP contribution in [0.1, 0.15) is 5.69 Å². The molecule has 162 valence electrons. The summed E-state index contributed by atoms with van der Waals surface area (Å²) >= 11 is 0. The molecule has 2 N–H and O–H groups in total. The number of nitrogens with zero attached hydrogens (tertiary/aromatic N) is 4. The van der Waals surface area contributed by atoms with Crippen molar-refractivity contribution in [2.24, 2.45) is 0 Å². The van der Waals surface area contributed by atoms with Crippen LogP contribution < -0.4 is 15.5 Å². The van der Waals surface area contributed by atoms with Crippen molar-refractivity contribution in [3.63, 3.8) is 0 Å². The third-order valence-electron chi connectivity index (χ3n) is 5.69. The van der Waals surface area contributed by atoms with Crippen LogP contribution in [-0.2, 0) is 9.47 Å². The standard InChI is InChI=1S/C23H28N6O2/c1-16-13-25-22-21(27-16)12-20(28-23(22)26-15-19-14-24-6-9-31-19)17-2-4-18(5-3-17)29-7-10-30-11-8-29/h2-5,12-13,19,24H,6-11,14-15H2,1H3,(H,26,28)/t19-/m0/s1. The van der Waals surface area contributed by atoms with Crippen LogP contribution in [0.5, 0.6) is 0 Å². The van der Waals surface area contributed by atoms with Gasteiger partial charge >= 0.3 is 0 Å². The summed E-state index contributed by atoms with van der Waals surface area (Å²) < 4.78 is 11.3. The van der Waals surface area contributed by atoms with Crippen LogP contribution in [0.15, 0.2) is 36.5 Å². The lowest BCUT2D eigenvalue weighted by Crippen LogP contribution is -2.42. The van der Waals surface area contributed by atoms with Gasteiger partial charge in [0.25, 0.3) is 0 Å². The van der Waals surface area contributed by atoms with E-state index >= 15 is 0 Å². The molecule has 0 aliphatic carbocycles. The monoisotopic (exact) mass is 420 g/mol. The van der Waals surface area contributed by atoms with Gasteiger partial charge in [0.1, 0.15) is 5.52 Å². The first-order chi connectivity index (χ1) is 15.3. The maximum Gasteiger partial charge on any atom is 0.154 e. The van der Waals surface area contributed by atoms with E-state index in [9.17, 15) is 0 Å². The van der Waals surface area contributed by atoms with E-state index in [1.165, 1.54) is 5.69 Å². The lowest BCUT2D eigenvalue weighted by Gasteiger charge is -2.28. The number of ether oxygens (including phenoxy) is 2. The third-order valence-corrected chi connectivity index (χ3v) is 5.69. The highest BCUT2D eigenvalue weighted by molar-refractivity contribution is 5.88. The molecule has 0 radical (unpaired) electrons. The van der Waals surface area contributed by atoms with Crippen LogP contribution >= 0.6 is 0 Å². The Morgan fingerprint density at radius 3 is 2.74 bits per heavy atom. The van der Waals surface area contributed by atoms with Crippen molar-refractivity contribution >= 4 is 22.5 Å². The molecule has 0 spiro atoms. The summed E-state index contributed by atoms with van der Waals surface area (Å²) in [6, 6.07) is 10.6. The average molecular weight is 421 g/mol. The minimum atomic E-state index is 0.112. The molecule has 2 aromatic heterocycles. The summed E-state index contributed by atoms with van der Waals surface area (Å²) in [5.74, 6) is 0.742. The number of aryl methyl sites for hydroxylation is 1. The molecule has 8 nitrogen and oxygen atoms in total.